The number of nitrogens with one attached hydrogen (secondary N) is 2. The summed E-state index contributed by atoms with van der Waals surface area (Å²) in [5.74, 6) is -0.0488. The van der Waals surface area contributed by atoms with Crippen LogP contribution in [0.2, 0.25) is 0 Å². The number of nitrogens with zero attached hydrogens (tertiary/aromatic N) is 2. The molecule has 0 unspecified atom stereocenters. The minimum Gasteiger partial charge on any atom is -0.388 e. The van der Waals surface area contributed by atoms with E-state index in [2.05, 4.69) is 15.7 Å². The minimum atomic E-state index is -0.0488. The number of hydrogen-bond acceptors (Lipinski definition) is 3. The van der Waals surface area contributed by atoms with Crippen LogP contribution < -0.4 is 10.6 Å². The van der Waals surface area contributed by atoms with E-state index in [0.717, 1.165) is 11.3 Å². The van der Waals surface area contributed by atoms with E-state index in [-0.39, 0.29) is 5.91 Å². The highest BCUT2D eigenvalue weighted by Gasteiger charge is 2.08. The van der Waals surface area contributed by atoms with Gasteiger partial charge in [0.15, 0.2) is 0 Å². The molecule has 0 fully saturated rings. The molecule has 0 saturated carbocycles. The summed E-state index contributed by atoms with van der Waals surface area (Å²) >= 11 is 0. The molecule has 19 heavy (non-hydrogen) atoms. The first-order valence-electron chi connectivity index (χ1n) is 6.25. The summed E-state index contributed by atoms with van der Waals surface area (Å²) in [6, 6.07) is 7.56. The Hall–Kier alpha value is -2.30. The predicted octanol–water partition coefficient (Wildman–Crippen LogP) is 1.66. The van der Waals surface area contributed by atoms with Crippen LogP contribution in [-0.2, 0) is 6.54 Å². The zero-order chi connectivity index (χ0) is 13.7. The molecular formula is C14H18N4O. The molecule has 1 amide bonds. The Morgan fingerprint density at radius 3 is 2.89 bits per heavy atom. The zero-order valence-corrected chi connectivity index (χ0v) is 11.2. The van der Waals surface area contributed by atoms with Crippen LogP contribution >= 0.6 is 0 Å². The van der Waals surface area contributed by atoms with Crippen LogP contribution in [0.15, 0.2) is 36.7 Å². The van der Waals surface area contributed by atoms with Gasteiger partial charge >= 0.3 is 0 Å². The smallest absolute Gasteiger partial charge is 0.251 e. The summed E-state index contributed by atoms with van der Waals surface area (Å²) in [7, 11) is 1.86. The molecule has 2 N–H and O–H groups in total. The lowest BCUT2D eigenvalue weighted by molar-refractivity contribution is 0.0951. The van der Waals surface area contributed by atoms with Gasteiger partial charge in [-0.25, -0.2) is 0 Å². The van der Waals surface area contributed by atoms with Crippen LogP contribution in [0.25, 0.3) is 0 Å². The molecule has 0 radical (unpaired) electrons. The molecule has 100 valence electrons. The Morgan fingerprint density at radius 2 is 2.26 bits per heavy atom. The van der Waals surface area contributed by atoms with E-state index in [0.29, 0.717) is 18.7 Å². The van der Waals surface area contributed by atoms with E-state index in [4.69, 9.17) is 0 Å². The summed E-state index contributed by atoms with van der Waals surface area (Å²) in [5.41, 5.74) is 2.67. The third-order valence-corrected chi connectivity index (χ3v) is 2.95. The summed E-state index contributed by atoms with van der Waals surface area (Å²) < 4.78 is 1.79. The molecule has 2 rings (SSSR count). The van der Waals surface area contributed by atoms with Gasteiger partial charge in [-0.15, -0.1) is 0 Å². The van der Waals surface area contributed by atoms with Crippen LogP contribution in [0.4, 0.5) is 5.69 Å². The Morgan fingerprint density at radius 1 is 1.42 bits per heavy atom. The molecule has 5 nitrogen and oxygen atoms in total. The van der Waals surface area contributed by atoms with Crippen molar-refractivity contribution in [1.29, 1.82) is 0 Å². The van der Waals surface area contributed by atoms with Gasteiger partial charge in [0.2, 0.25) is 0 Å². The van der Waals surface area contributed by atoms with Gasteiger partial charge in [0.1, 0.15) is 0 Å². The normalized spacial score (nSPS) is 10.2. The molecule has 1 aromatic carbocycles. The van der Waals surface area contributed by atoms with Gasteiger partial charge in [-0.3, -0.25) is 9.48 Å². The Bertz CT molecular complexity index is 549. The monoisotopic (exact) mass is 258 g/mol. The third kappa shape index (κ3) is 3.34. The van der Waals surface area contributed by atoms with Crippen LogP contribution in [0.5, 0.6) is 0 Å². The maximum absolute atomic E-state index is 12.0. The number of aromatic nitrogens is 2. The topological polar surface area (TPSA) is 59.0 Å². The lowest BCUT2D eigenvalue weighted by atomic mass is 10.1. The van der Waals surface area contributed by atoms with Crippen molar-refractivity contribution >= 4 is 11.6 Å². The zero-order valence-electron chi connectivity index (χ0n) is 11.2. The molecule has 0 bridgehead atoms. The predicted molar refractivity (Wildman–Crippen MR) is 75.3 cm³/mol. The lowest BCUT2D eigenvalue weighted by Crippen LogP contribution is -2.27. The summed E-state index contributed by atoms with van der Waals surface area (Å²) in [6.07, 6.45) is 3.60. The van der Waals surface area contributed by atoms with Gasteiger partial charge in [-0.2, -0.15) is 5.10 Å². The maximum Gasteiger partial charge on any atom is 0.251 e. The number of benzene rings is 1. The van der Waals surface area contributed by atoms with Crippen molar-refractivity contribution in [3.8, 4) is 0 Å². The number of amides is 1. The van der Waals surface area contributed by atoms with E-state index in [1.54, 1.807) is 10.9 Å². The van der Waals surface area contributed by atoms with Crippen molar-refractivity contribution in [2.75, 3.05) is 18.9 Å². The number of rotatable bonds is 5. The SMILES string of the molecule is CNc1ccc(C(=O)NCCn2cccn2)c(C)c1. The molecule has 0 aliphatic rings. The Balaban J connectivity index is 1.92. The van der Waals surface area contributed by atoms with E-state index in [1.165, 1.54) is 0 Å². The van der Waals surface area contributed by atoms with Gasteiger partial charge in [0.25, 0.3) is 5.91 Å². The molecule has 0 atom stereocenters. The fraction of sp³-hybridized carbons (Fsp3) is 0.286. The molecule has 2 aromatic rings. The summed E-state index contributed by atoms with van der Waals surface area (Å²) in [5, 5.41) is 10.0. The first-order chi connectivity index (χ1) is 9.20. The van der Waals surface area contributed by atoms with Crippen molar-refractivity contribution in [1.82, 2.24) is 15.1 Å². The standard InChI is InChI=1S/C14H18N4O/c1-11-10-12(15-2)4-5-13(11)14(19)16-7-9-18-8-3-6-17-18/h3-6,8,10,15H,7,9H2,1-2H3,(H,16,19). The molecule has 0 aliphatic carbocycles. The molecule has 0 saturated heterocycles. The van der Waals surface area contributed by atoms with Crippen molar-refractivity contribution in [3.63, 3.8) is 0 Å². The Labute approximate surface area is 112 Å². The van der Waals surface area contributed by atoms with E-state index >= 15 is 0 Å². The highest BCUT2D eigenvalue weighted by atomic mass is 16.1. The van der Waals surface area contributed by atoms with Gasteiger partial charge < -0.3 is 10.6 Å². The minimum absolute atomic E-state index is 0.0488. The first kappa shape index (κ1) is 13.1. The average molecular weight is 258 g/mol. The van der Waals surface area contributed by atoms with E-state index in [9.17, 15) is 4.79 Å². The van der Waals surface area contributed by atoms with Crippen LogP contribution in [-0.4, -0.2) is 29.3 Å². The van der Waals surface area contributed by atoms with Gasteiger partial charge in [0.05, 0.1) is 6.54 Å². The molecule has 0 spiro atoms. The number of carbonyl (C=O) groups is 1. The summed E-state index contributed by atoms with van der Waals surface area (Å²) in [6.45, 7) is 3.17. The lowest BCUT2D eigenvalue weighted by Gasteiger charge is -2.09. The van der Waals surface area contributed by atoms with E-state index in [1.807, 2.05) is 44.4 Å². The molecular weight excluding hydrogens is 240 g/mol. The fourth-order valence-electron chi connectivity index (χ4n) is 1.89. The van der Waals surface area contributed by atoms with Crippen molar-refractivity contribution in [2.24, 2.45) is 0 Å². The number of aryl methyl sites for hydroxylation is 1. The van der Waals surface area contributed by atoms with Gasteiger partial charge in [0, 0.05) is 37.2 Å². The van der Waals surface area contributed by atoms with Crippen molar-refractivity contribution < 1.29 is 4.79 Å². The van der Waals surface area contributed by atoms with Gasteiger partial charge in [-0.05, 0) is 36.8 Å². The van der Waals surface area contributed by atoms with E-state index < -0.39 is 0 Å². The number of carbonyl (C=O) groups excluding carboxylic acids is 1. The van der Waals surface area contributed by atoms with Crippen LogP contribution in [0.1, 0.15) is 15.9 Å². The van der Waals surface area contributed by atoms with Crippen LogP contribution in [0, 0.1) is 6.92 Å². The molecule has 1 aromatic heterocycles. The highest BCUT2D eigenvalue weighted by Crippen LogP contribution is 2.14. The fourth-order valence-corrected chi connectivity index (χ4v) is 1.89. The van der Waals surface area contributed by atoms with Crippen molar-refractivity contribution in [2.45, 2.75) is 13.5 Å². The average Bonchev–Trinajstić information content (AvgIpc) is 2.91. The second-order valence-corrected chi connectivity index (χ2v) is 4.30. The quantitative estimate of drug-likeness (QED) is 0.857. The second-order valence-electron chi connectivity index (χ2n) is 4.30. The Kier molecular flexibility index (Phi) is 4.18. The molecule has 0 aliphatic heterocycles. The molecule has 5 heteroatoms. The highest BCUT2D eigenvalue weighted by molar-refractivity contribution is 5.96. The third-order valence-electron chi connectivity index (χ3n) is 2.95. The largest absolute Gasteiger partial charge is 0.388 e. The second kappa shape index (κ2) is 6.04. The number of anilines is 1. The molecule has 1 heterocycles. The number of hydrogen-bond donors (Lipinski definition) is 2. The maximum atomic E-state index is 12.0. The summed E-state index contributed by atoms with van der Waals surface area (Å²) in [4.78, 5) is 12.0. The van der Waals surface area contributed by atoms with Crippen LogP contribution in [0.3, 0.4) is 0 Å². The first-order valence-corrected chi connectivity index (χ1v) is 6.25. The van der Waals surface area contributed by atoms with Gasteiger partial charge in [-0.1, -0.05) is 0 Å². The van der Waals surface area contributed by atoms with Crippen molar-refractivity contribution in [3.05, 3.63) is 47.8 Å².